The molecule has 11 nitrogen and oxygen atoms in total. The standard InChI is InChI=1S/C31H31F2N5O6S/c1-3-45(42,43)27-9-7-19(37-31(40)41)14-22(27)25-5-4-12-38(25)30(39)28(21-15-26(44-2)24(33)16-23(21)32)36-18-6-8-20-17(13-18)10-11-35-29(20)34/h6-11,13-16,25,28,36-37H,3-5,12H2,1-2H3,(H2,34,35)(H,40,41)/t25-,28+/m1/s1. The monoisotopic (exact) mass is 639 g/mol. The second kappa shape index (κ2) is 12.6. The molecule has 2 atom stereocenters. The number of nitrogens with two attached hydrogens (primary N) is 1. The van der Waals surface area contributed by atoms with Gasteiger partial charge in [0.15, 0.2) is 21.4 Å². The fourth-order valence-electron chi connectivity index (χ4n) is 5.62. The fourth-order valence-corrected chi connectivity index (χ4v) is 6.76. The molecule has 1 saturated heterocycles. The minimum absolute atomic E-state index is 0.0366. The number of halogens is 2. The van der Waals surface area contributed by atoms with Crippen LogP contribution in [0.3, 0.4) is 0 Å². The molecule has 1 aliphatic heterocycles. The molecule has 14 heteroatoms. The molecule has 3 aromatic carbocycles. The molecule has 0 bridgehead atoms. The van der Waals surface area contributed by atoms with Gasteiger partial charge < -0.3 is 25.8 Å². The summed E-state index contributed by atoms with van der Waals surface area (Å²) >= 11 is 0. The van der Waals surface area contributed by atoms with Gasteiger partial charge in [-0.15, -0.1) is 0 Å². The second-order valence-corrected chi connectivity index (χ2v) is 12.7. The molecule has 0 spiro atoms. The maximum absolute atomic E-state index is 15.5. The topological polar surface area (TPSA) is 164 Å². The van der Waals surface area contributed by atoms with Crippen LogP contribution in [0.2, 0.25) is 0 Å². The van der Waals surface area contributed by atoms with Gasteiger partial charge >= 0.3 is 6.09 Å². The number of hydrogen-bond acceptors (Lipinski definition) is 8. The summed E-state index contributed by atoms with van der Waals surface area (Å²) < 4.78 is 61.2. The number of pyridine rings is 1. The predicted molar refractivity (Wildman–Crippen MR) is 165 cm³/mol. The number of carboxylic acid groups (broad SMARTS) is 1. The molecule has 0 unspecified atom stereocenters. The molecule has 1 aromatic heterocycles. The number of aromatic nitrogens is 1. The Morgan fingerprint density at radius 1 is 1.11 bits per heavy atom. The summed E-state index contributed by atoms with van der Waals surface area (Å²) in [4.78, 5) is 31.3. The number of rotatable bonds is 9. The first kappa shape index (κ1) is 31.4. The quantitative estimate of drug-likeness (QED) is 0.185. The molecule has 1 aliphatic rings. The smallest absolute Gasteiger partial charge is 0.409 e. The van der Waals surface area contributed by atoms with Crippen LogP contribution in [0.1, 0.15) is 43.0 Å². The average Bonchev–Trinajstić information content (AvgIpc) is 3.50. The Labute approximate surface area is 257 Å². The number of sulfone groups is 1. The largest absolute Gasteiger partial charge is 0.494 e. The number of anilines is 3. The SMILES string of the molecule is CCS(=O)(=O)c1ccc(NC(=O)O)cc1[C@H]1CCCN1C(=O)[C@@H](Nc1ccc2c(N)nccc2c1)c1cc(OC)c(F)cc1F. The number of benzene rings is 3. The number of nitrogens with zero attached hydrogens (tertiary/aromatic N) is 2. The number of nitrogen functional groups attached to an aromatic ring is 1. The summed E-state index contributed by atoms with van der Waals surface area (Å²) in [5.74, 6) is -2.75. The molecule has 0 aliphatic carbocycles. The van der Waals surface area contributed by atoms with Gasteiger partial charge in [-0.3, -0.25) is 10.1 Å². The van der Waals surface area contributed by atoms with Crippen LogP contribution < -0.4 is 21.1 Å². The van der Waals surface area contributed by atoms with Crippen molar-refractivity contribution in [2.75, 3.05) is 35.8 Å². The third-order valence-electron chi connectivity index (χ3n) is 7.81. The van der Waals surface area contributed by atoms with Crippen molar-refractivity contribution in [2.24, 2.45) is 0 Å². The van der Waals surface area contributed by atoms with Gasteiger partial charge in [0.1, 0.15) is 17.7 Å². The van der Waals surface area contributed by atoms with Crippen molar-refractivity contribution in [3.63, 3.8) is 0 Å². The number of likely N-dealkylation sites (tertiary alicyclic amines) is 1. The number of fused-ring (bicyclic) bond motifs is 1. The van der Waals surface area contributed by atoms with Crippen LogP contribution in [-0.2, 0) is 14.6 Å². The highest BCUT2D eigenvalue weighted by molar-refractivity contribution is 7.91. The second-order valence-electron chi connectivity index (χ2n) is 10.5. The number of amides is 2. The zero-order valence-electron chi connectivity index (χ0n) is 24.4. The maximum atomic E-state index is 15.5. The lowest BCUT2D eigenvalue weighted by molar-refractivity contribution is -0.133. The van der Waals surface area contributed by atoms with Gasteiger partial charge in [-0.05, 0) is 72.3 Å². The van der Waals surface area contributed by atoms with E-state index in [1.54, 1.807) is 24.3 Å². The third kappa shape index (κ3) is 6.32. The highest BCUT2D eigenvalue weighted by Gasteiger charge is 2.38. The van der Waals surface area contributed by atoms with Crippen molar-refractivity contribution in [1.82, 2.24) is 9.88 Å². The van der Waals surface area contributed by atoms with E-state index in [0.29, 0.717) is 41.2 Å². The van der Waals surface area contributed by atoms with Crippen LogP contribution in [0.25, 0.3) is 10.8 Å². The zero-order chi connectivity index (χ0) is 32.5. The fraction of sp³-hybridized carbons (Fsp3) is 0.258. The Balaban J connectivity index is 1.61. The van der Waals surface area contributed by atoms with E-state index in [2.05, 4.69) is 15.6 Å². The van der Waals surface area contributed by atoms with Crippen LogP contribution in [0.4, 0.5) is 30.8 Å². The van der Waals surface area contributed by atoms with Crippen molar-refractivity contribution in [2.45, 2.75) is 36.7 Å². The molecule has 0 radical (unpaired) electrons. The Morgan fingerprint density at radius 3 is 2.58 bits per heavy atom. The normalized spacial score (nSPS) is 15.6. The summed E-state index contributed by atoms with van der Waals surface area (Å²) in [6.45, 7) is 1.68. The molecule has 5 N–H and O–H groups in total. The third-order valence-corrected chi connectivity index (χ3v) is 9.61. The highest BCUT2D eigenvalue weighted by atomic mass is 32.2. The summed E-state index contributed by atoms with van der Waals surface area (Å²) in [6, 6.07) is 10.4. The average molecular weight is 640 g/mol. The van der Waals surface area contributed by atoms with Crippen molar-refractivity contribution in [3.8, 4) is 5.75 Å². The Hall–Kier alpha value is -4.98. The van der Waals surface area contributed by atoms with Crippen LogP contribution in [-0.4, -0.2) is 54.8 Å². The lowest BCUT2D eigenvalue weighted by Gasteiger charge is -2.31. The first-order chi connectivity index (χ1) is 21.4. The van der Waals surface area contributed by atoms with Crippen molar-refractivity contribution in [1.29, 1.82) is 0 Å². The molecule has 4 aromatic rings. The Kier molecular flexibility index (Phi) is 8.77. The molecule has 45 heavy (non-hydrogen) atoms. The number of methoxy groups -OCH3 is 1. The van der Waals surface area contributed by atoms with Crippen molar-refractivity contribution in [3.05, 3.63) is 83.6 Å². The van der Waals surface area contributed by atoms with E-state index in [1.807, 2.05) is 0 Å². The van der Waals surface area contributed by atoms with E-state index in [1.165, 1.54) is 43.3 Å². The van der Waals surface area contributed by atoms with Gasteiger partial charge in [-0.25, -0.2) is 27.0 Å². The first-order valence-corrected chi connectivity index (χ1v) is 15.7. The molecule has 236 valence electrons. The first-order valence-electron chi connectivity index (χ1n) is 14.0. The number of ether oxygens (including phenoxy) is 1. The van der Waals surface area contributed by atoms with Crippen LogP contribution in [0, 0.1) is 11.6 Å². The number of carbonyl (C=O) groups is 2. The van der Waals surface area contributed by atoms with Gasteiger partial charge in [-0.2, -0.15) is 0 Å². The Bertz CT molecular complexity index is 1910. The summed E-state index contributed by atoms with van der Waals surface area (Å²) in [5, 5.41) is 15.9. The van der Waals surface area contributed by atoms with E-state index in [9.17, 15) is 27.5 Å². The molecule has 2 amide bonds. The summed E-state index contributed by atoms with van der Waals surface area (Å²) in [5.41, 5.74) is 6.57. The summed E-state index contributed by atoms with van der Waals surface area (Å²) in [7, 11) is -2.57. The molecular weight excluding hydrogens is 608 g/mol. The van der Waals surface area contributed by atoms with E-state index in [-0.39, 0.29) is 39.8 Å². The van der Waals surface area contributed by atoms with Gasteiger partial charge in [-0.1, -0.05) is 6.92 Å². The van der Waals surface area contributed by atoms with Gasteiger partial charge in [0, 0.05) is 41.1 Å². The molecular formula is C31H31F2N5O6S. The van der Waals surface area contributed by atoms with E-state index in [4.69, 9.17) is 10.5 Å². The lowest BCUT2D eigenvalue weighted by atomic mass is 10.00. The van der Waals surface area contributed by atoms with Gasteiger partial charge in [0.2, 0.25) is 5.91 Å². The zero-order valence-corrected chi connectivity index (χ0v) is 25.2. The van der Waals surface area contributed by atoms with Crippen molar-refractivity contribution >= 4 is 49.8 Å². The molecule has 2 heterocycles. The molecule has 0 saturated carbocycles. The maximum Gasteiger partial charge on any atom is 0.409 e. The number of hydrogen-bond donors (Lipinski definition) is 4. The van der Waals surface area contributed by atoms with E-state index < -0.39 is 45.6 Å². The lowest BCUT2D eigenvalue weighted by Crippen LogP contribution is -2.38. The molecule has 1 fully saturated rings. The Morgan fingerprint density at radius 2 is 1.87 bits per heavy atom. The van der Waals surface area contributed by atoms with Crippen LogP contribution in [0.5, 0.6) is 5.75 Å². The number of carbonyl (C=O) groups excluding carboxylic acids is 1. The predicted octanol–water partition coefficient (Wildman–Crippen LogP) is 5.50. The molecule has 5 rings (SSSR count). The van der Waals surface area contributed by atoms with E-state index >= 15 is 4.39 Å². The van der Waals surface area contributed by atoms with Crippen molar-refractivity contribution < 1.29 is 36.6 Å². The number of nitrogens with one attached hydrogen (secondary N) is 2. The minimum atomic E-state index is -3.79. The van der Waals surface area contributed by atoms with E-state index in [0.717, 1.165) is 6.07 Å². The summed E-state index contributed by atoms with van der Waals surface area (Å²) in [6.07, 6.45) is 1.03. The van der Waals surface area contributed by atoms with Gasteiger partial charge in [0.25, 0.3) is 0 Å². The highest BCUT2D eigenvalue weighted by Crippen LogP contribution is 2.40. The van der Waals surface area contributed by atoms with Gasteiger partial charge in [0.05, 0.1) is 23.8 Å². The van der Waals surface area contributed by atoms with Crippen LogP contribution in [0.15, 0.2) is 65.7 Å². The minimum Gasteiger partial charge on any atom is -0.494 e. The van der Waals surface area contributed by atoms with Crippen LogP contribution >= 0.6 is 0 Å².